The molecular weight excluding hydrogens is 192 g/mol. The van der Waals surface area contributed by atoms with E-state index in [-0.39, 0.29) is 6.42 Å². The molecule has 1 N–H and O–H groups in total. The summed E-state index contributed by atoms with van der Waals surface area (Å²) >= 11 is 0. The third kappa shape index (κ3) is 3.50. The highest BCUT2D eigenvalue weighted by atomic mass is 16.4. The minimum atomic E-state index is -2.82. The third-order valence-electron chi connectivity index (χ3n) is 2.22. The van der Waals surface area contributed by atoms with Crippen LogP contribution in [0.4, 0.5) is 0 Å². The molecule has 0 aromatic carbocycles. The number of rotatable bonds is 5. The molecule has 1 fully saturated rings. The Balaban J connectivity index is 3.23. The molecule has 0 spiro atoms. The van der Waals surface area contributed by atoms with Gasteiger partial charge in [-0.3, -0.25) is 9.59 Å². The molecule has 0 bridgehead atoms. The second-order valence-electron chi connectivity index (χ2n) is 3.32. The maximum Gasteiger partial charge on any atom is 0.303 e. The molecular formula is C12H18O3. The molecule has 0 aromatic heterocycles. The van der Waals surface area contributed by atoms with Crippen LogP contribution in [-0.4, -0.2) is 16.9 Å². The van der Waals surface area contributed by atoms with Gasteiger partial charge in [-0.05, 0) is 25.2 Å². The Hall–Kier alpha value is -1.12. The topological polar surface area (TPSA) is 54.4 Å². The van der Waals surface area contributed by atoms with Crippen molar-refractivity contribution in [3.05, 3.63) is 12.2 Å². The molecule has 1 aliphatic rings. The number of carboxylic acids is 1. The highest BCUT2D eigenvalue weighted by Crippen LogP contribution is 2.33. The van der Waals surface area contributed by atoms with Crippen LogP contribution in [0.25, 0.3) is 0 Å². The van der Waals surface area contributed by atoms with E-state index in [1.54, 1.807) is 6.08 Å². The molecule has 0 aliphatic heterocycles. The Bertz CT molecular complexity index is 446. The number of allylic oxidation sites excluding steroid dienone is 2. The maximum atomic E-state index is 12.1. The van der Waals surface area contributed by atoms with E-state index in [0.29, 0.717) is 6.42 Å². The molecule has 0 amide bonds. The maximum absolute atomic E-state index is 12.1. The highest BCUT2D eigenvalue weighted by molar-refractivity contribution is 5.84. The third-order valence-corrected chi connectivity index (χ3v) is 2.22. The summed E-state index contributed by atoms with van der Waals surface area (Å²) in [5.41, 5.74) is 0. The Morgan fingerprint density at radius 3 is 3.13 bits per heavy atom. The second kappa shape index (κ2) is 5.69. The molecule has 0 saturated heterocycles. The lowest BCUT2D eigenvalue weighted by molar-refractivity contribution is -0.138. The molecule has 3 nitrogen and oxygen atoms in total. The summed E-state index contributed by atoms with van der Waals surface area (Å²) in [7, 11) is 0. The van der Waals surface area contributed by atoms with Gasteiger partial charge in [-0.15, -0.1) is 0 Å². The van der Waals surface area contributed by atoms with Crippen LogP contribution in [-0.2, 0) is 9.59 Å². The number of ketones is 1. The molecule has 0 unspecified atom stereocenters. The minimum absolute atomic E-state index is 0.184. The SMILES string of the molecule is [2H]C1([2H])C[C@H](C([2H])([2H])C(=O)O)[C@@]([2H])(C/C=C\CC)C1=O. The van der Waals surface area contributed by atoms with Crippen LogP contribution in [0.2, 0.25) is 0 Å². The van der Waals surface area contributed by atoms with Gasteiger partial charge < -0.3 is 5.11 Å². The fourth-order valence-electron chi connectivity index (χ4n) is 1.49. The standard InChI is InChI=1S/C12H18O3/c1-2-3-4-5-10-9(8-12(14)15)6-7-11(10)13/h3-4,9-10H,2,5-8H2,1H3,(H,14,15)/b4-3-/t9-,10-/m1/s1/i7D2,8D2,10D. The monoisotopic (exact) mass is 215 g/mol. The second-order valence-corrected chi connectivity index (χ2v) is 3.32. The molecule has 15 heavy (non-hydrogen) atoms. The van der Waals surface area contributed by atoms with E-state index in [1.807, 2.05) is 6.92 Å². The summed E-state index contributed by atoms with van der Waals surface area (Å²) in [6.07, 6.45) is -2.10. The van der Waals surface area contributed by atoms with Crippen molar-refractivity contribution in [1.29, 1.82) is 0 Å². The van der Waals surface area contributed by atoms with Crippen molar-refractivity contribution in [1.82, 2.24) is 0 Å². The number of carbonyl (C=O) groups is 2. The summed E-state index contributed by atoms with van der Waals surface area (Å²) in [5.74, 6) is -6.42. The Morgan fingerprint density at radius 2 is 2.53 bits per heavy atom. The molecule has 1 saturated carbocycles. The van der Waals surface area contributed by atoms with Crippen molar-refractivity contribution in [2.45, 2.75) is 38.9 Å². The van der Waals surface area contributed by atoms with Gasteiger partial charge in [0.2, 0.25) is 0 Å². The lowest BCUT2D eigenvalue weighted by Crippen LogP contribution is -2.17. The van der Waals surface area contributed by atoms with E-state index in [2.05, 4.69) is 0 Å². The highest BCUT2D eigenvalue weighted by Gasteiger charge is 2.34. The van der Waals surface area contributed by atoms with Crippen LogP contribution >= 0.6 is 0 Å². The number of Topliss-reactive ketones (excluding diaryl/α,β-unsaturated/α-hetero) is 1. The van der Waals surface area contributed by atoms with Crippen molar-refractivity contribution < 1.29 is 21.5 Å². The molecule has 1 aliphatic carbocycles. The van der Waals surface area contributed by atoms with Crippen molar-refractivity contribution in [3.63, 3.8) is 0 Å². The smallest absolute Gasteiger partial charge is 0.303 e. The van der Waals surface area contributed by atoms with E-state index < -0.39 is 42.7 Å². The molecule has 84 valence electrons. The summed E-state index contributed by atoms with van der Waals surface area (Å²) < 4.78 is 38.5. The van der Waals surface area contributed by atoms with E-state index in [1.165, 1.54) is 6.08 Å². The molecule has 0 radical (unpaired) electrons. The van der Waals surface area contributed by atoms with Crippen LogP contribution in [0.1, 0.15) is 45.8 Å². The number of carboxylic acid groups (broad SMARTS) is 1. The first-order chi connectivity index (χ1) is 9.00. The van der Waals surface area contributed by atoms with Gasteiger partial charge in [0.1, 0.15) is 5.78 Å². The van der Waals surface area contributed by atoms with Crippen molar-refractivity contribution >= 4 is 11.8 Å². The number of hydrogen-bond acceptors (Lipinski definition) is 2. The number of aliphatic carboxylic acids is 1. The average molecular weight is 215 g/mol. The van der Waals surface area contributed by atoms with Crippen LogP contribution in [0, 0.1) is 11.8 Å². The normalized spacial score (nSPS) is 40.5. The van der Waals surface area contributed by atoms with E-state index in [0.717, 1.165) is 0 Å². The molecule has 1 rings (SSSR count). The van der Waals surface area contributed by atoms with Crippen LogP contribution in [0.3, 0.4) is 0 Å². The summed E-state index contributed by atoms with van der Waals surface area (Å²) in [6, 6.07) is 0. The van der Waals surface area contributed by atoms with Gasteiger partial charge in [0.15, 0.2) is 0 Å². The predicted octanol–water partition coefficient (Wildman–Crippen LogP) is 2.41. The first-order valence-electron chi connectivity index (χ1n) is 7.43. The van der Waals surface area contributed by atoms with Gasteiger partial charge in [0.25, 0.3) is 0 Å². The Labute approximate surface area is 97.2 Å². The van der Waals surface area contributed by atoms with Gasteiger partial charge in [-0.1, -0.05) is 19.1 Å². The molecule has 2 atom stereocenters. The lowest BCUT2D eigenvalue weighted by Gasteiger charge is -2.14. The van der Waals surface area contributed by atoms with Crippen molar-refractivity contribution in [2.24, 2.45) is 11.8 Å². The van der Waals surface area contributed by atoms with Gasteiger partial charge in [-0.25, -0.2) is 0 Å². The van der Waals surface area contributed by atoms with Gasteiger partial charge >= 0.3 is 5.97 Å². The van der Waals surface area contributed by atoms with Crippen molar-refractivity contribution in [3.8, 4) is 0 Å². The minimum Gasteiger partial charge on any atom is -0.481 e. The molecule has 3 heteroatoms. The quantitative estimate of drug-likeness (QED) is 0.716. The first-order valence-corrected chi connectivity index (χ1v) is 4.93. The lowest BCUT2D eigenvalue weighted by atomic mass is 9.89. The number of carbonyl (C=O) groups excluding carboxylic acids is 1. The average Bonchev–Trinajstić information content (AvgIpc) is 2.51. The largest absolute Gasteiger partial charge is 0.481 e. The van der Waals surface area contributed by atoms with Crippen molar-refractivity contribution in [2.75, 3.05) is 0 Å². The first kappa shape index (κ1) is 6.46. The van der Waals surface area contributed by atoms with E-state index in [9.17, 15) is 9.59 Å². The Kier molecular flexibility index (Phi) is 2.45. The summed E-state index contributed by atoms with van der Waals surface area (Å²) in [5, 5.41) is 8.95. The van der Waals surface area contributed by atoms with Gasteiger partial charge in [-0.2, -0.15) is 0 Å². The fourth-order valence-corrected chi connectivity index (χ4v) is 1.49. The van der Waals surface area contributed by atoms with E-state index in [4.69, 9.17) is 12.0 Å². The van der Waals surface area contributed by atoms with Crippen LogP contribution in [0.15, 0.2) is 12.2 Å². The zero-order valence-corrected chi connectivity index (χ0v) is 8.62. The van der Waals surface area contributed by atoms with Gasteiger partial charge in [0.05, 0.1) is 0 Å². The predicted molar refractivity (Wildman–Crippen MR) is 57.5 cm³/mol. The Morgan fingerprint density at radius 1 is 1.80 bits per heavy atom. The molecule has 0 heterocycles. The number of hydrogen-bond donors (Lipinski definition) is 1. The summed E-state index contributed by atoms with van der Waals surface area (Å²) in [6.45, 7) is 1.84. The van der Waals surface area contributed by atoms with E-state index >= 15 is 0 Å². The fraction of sp³-hybridized carbons (Fsp3) is 0.667. The van der Waals surface area contributed by atoms with Gasteiger partial charge in [0, 0.05) is 25.5 Å². The molecule has 0 aromatic rings. The zero-order chi connectivity index (χ0) is 15.8. The van der Waals surface area contributed by atoms with Crippen LogP contribution in [0.5, 0.6) is 0 Å². The summed E-state index contributed by atoms with van der Waals surface area (Å²) in [4.78, 5) is 23.1. The zero-order valence-electron chi connectivity index (χ0n) is 13.6. The van der Waals surface area contributed by atoms with Crippen LogP contribution < -0.4 is 0 Å².